The van der Waals surface area contributed by atoms with Crippen LogP contribution in [0.3, 0.4) is 0 Å². The van der Waals surface area contributed by atoms with Crippen molar-refractivity contribution in [1.29, 1.82) is 0 Å². The Balaban J connectivity index is 2.29. The number of carbonyl (C=O) groups is 1. The van der Waals surface area contributed by atoms with Gasteiger partial charge >= 0.3 is 0 Å². The van der Waals surface area contributed by atoms with Crippen molar-refractivity contribution in [2.45, 2.75) is 6.04 Å². The van der Waals surface area contributed by atoms with Crippen LogP contribution in [-0.2, 0) is 9.53 Å². The first-order valence-corrected chi connectivity index (χ1v) is 6.35. The van der Waals surface area contributed by atoms with E-state index in [0.29, 0.717) is 16.4 Å². The number of halogens is 1. The standard InChI is InChI=1S/C13H15ClN4O2/c1-20-8-10(15)13(19)17-11-5-2-4-9(14)12(11)18-7-3-6-16-18/h2-7,10H,8,15H2,1H3,(H,17,19). The molecular formula is C13H15ClN4O2. The zero-order valence-corrected chi connectivity index (χ0v) is 11.7. The summed E-state index contributed by atoms with van der Waals surface area (Å²) in [7, 11) is 1.49. The van der Waals surface area contributed by atoms with Crippen molar-refractivity contribution in [3.05, 3.63) is 41.7 Å². The SMILES string of the molecule is COCC(N)C(=O)Nc1cccc(Cl)c1-n1cccn1. The fourth-order valence-corrected chi connectivity index (χ4v) is 1.99. The molecular weight excluding hydrogens is 280 g/mol. The van der Waals surface area contributed by atoms with Crippen molar-refractivity contribution in [3.63, 3.8) is 0 Å². The van der Waals surface area contributed by atoms with Gasteiger partial charge in [-0.15, -0.1) is 0 Å². The number of nitrogens with two attached hydrogens (primary N) is 1. The molecule has 6 nitrogen and oxygen atoms in total. The van der Waals surface area contributed by atoms with Crippen LogP contribution in [0.2, 0.25) is 5.02 Å². The van der Waals surface area contributed by atoms with Gasteiger partial charge in [-0.2, -0.15) is 5.10 Å². The van der Waals surface area contributed by atoms with Gasteiger partial charge in [0.25, 0.3) is 0 Å². The van der Waals surface area contributed by atoms with Gasteiger partial charge in [-0.05, 0) is 18.2 Å². The summed E-state index contributed by atoms with van der Waals surface area (Å²) < 4.78 is 6.44. The lowest BCUT2D eigenvalue weighted by Gasteiger charge is -2.15. The summed E-state index contributed by atoms with van der Waals surface area (Å²) in [5, 5.41) is 7.33. The number of ether oxygens (including phenoxy) is 1. The van der Waals surface area contributed by atoms with Crippen molar-refractivity contribution in [2.24, 2.45) is 5.73 Å². The van der Waals surface area contributed by atoms with Crippen molar-refractivity contribution >= 4 is 23.2 Å². The average Bonchev–Trinajstić information content (AvgIpc) is 2.92. The highest BCUT2D eigenvalue weighted by Crippen LogP contribution is 2.27. The number of amides is 1. The van der Waals surface area contributed by atoms with Crippen LogP contribution in [0.1, 0.15) is 0 Å². The number of rotatable bonds is 5. The third kappa shape index (κ3) is 3.16. The Morgan fingerprint density at radius 2 is 2.35 bits per heavy atom. The number of para-hydroxylation sites is 1. The Morgan fingerprint density at radius 3 is 3.00 bits per heavy atom. The minimum atomic E-state index is -0.746. The molecule has 1 amide bonds. The predicted molar refractivity (Wildman–Crippen MR) is 77.1 cm³/mol. The first-order chi connectivity index (χ1) is 9.63. The van der Waals surface area contributed by atoms with Gasteiger partial charge in [-0.3, -0.25) is 4.79 Å². The van der Waals surface area contributed by atoms with Crippen molar-refractivity contribution in [1.82, 2.24) is 9.78 Å². The zero-order chi connectivity index (χ0) is 14.5. The molecule has 1 unspecified atom stereocenters. The molecule has 0 spiro atoms. The molecule has 106 valence electrons. The first kappa shape index (κ1) is 14.5. The number of nitrogens with one attached hydrogen (secondary N) is 1. The van der Waals surface area contributed by atoms with E-state index in [1.165, 1.54) is 7.11 Å². The molecule has 2 aromatic rings. The van der Waals surface area contributed by atoms with Crippen LogP contribution >= 0.6 is 11.6 Å². The molecule has 0 saturated carbocycles. The van der Waals surface area contributed by atoms with Crippen molar-refractivity contribution in [3.8, 4) is 5.69 Å². The van der Waals surface area contributed by atoms with Gasteiger partial charge in [0.15, 0.2) is 0 Å². The summed E-state index contributed by atoms with van der Waals surface area (Å²) in [6, 6.07) is 6.23. The maximum atomic E-state index is 11.9. The van der Waals surface area contributed by atoms with Crippen LogP contribution in [0.25, 0.3) is 5.69 Å². The third-order valence-corrected chi connectivity index (χ3v) is 2.97. The maximum Gasteiger partial charge on any atom is 0.243 e. The van der Waals surface area contributed by atoms with Gasteiger partial charge in [-0.1, -0.05) is 17.7 Å². The number of benzene rings is 1. The van der Waals surface area contributed by atoms with E-state index in [9.17, 15) is 4.79 Å². The summed E-state index contributed by atoms with van der Waals surface area (Å²) in [5.74, 6) is -0.345. The van der Waals surface area contributed by atoms with E-state index >= 15 is 0 Å². The predicted octanol–water partition coefficient (Wildman–Crippen LogP) is 1.44. The first-order valence-electron chi connectivity index (χ1n) is 5.97. The van der Waals surface area contributed by atoms with Gasteiger partial charge in [0.05, 0.1) is 17.3 Å². The molecule has 0 aliphatic rings. The molecule has 3 N–H and O–H groups in total. The molecule has 0 aliphatic carbocycles. The number of nitrogens with zero attached hydrogens (tertiary/aromatic N) is 2. The van der Waals surface area contributed by atoms with Crippen LogP contribution in [0.5, 0.6) is 0 Å². The molecule has 2 rings (SSSR count). The van der Waals surface area contributed by atoms with E-state index in [2.05, 4.69) is 10.4 Å². The van der Waals surface area contributed by atoms with Crippen molar-refractivity contribution < 1.29 is 9.53 Å². The van der Waals surface area contributed by atoms with E-state index in [1.54, 1.807) is 41.3 Å². The topological polar surface area (TPSA) is 82.2 Å². The molecule has 0 saturated heterocycles. The second-order valence-electron chi connectivity index (χ2n) is 4.14. The Labute approximate surface area is 121 Å². The fourth-order valence-electron chi connectivity index (χ4n) is 1.73. The Kier molecular flexibility index (Phi) is 4.73. The molecule has 20 heavy (non-hydrogen) atoms. The summed E-state index contributed by atoms with van der Waals surface area (Å²) in [6.07, 6.45) is 3.37. The highest BCUT2D eigenvalue weighted by atomic mass is 35.5. The van der Waals surface area contributed by atoms with E-state index < -0.39 is 6.04 Å². The minimum Gasteiger partial charge on any atom is -0.383 e. The van der Waals surface area contributed by atoms with E-state index in [4.69, 9.17) is 22.1 Å². The van der Waals surface area contributed by atoms with E-state index in [-0.39, 0.29) is 12.5 Å². The number of hydrogen-bond acceptors (Lipinski definition) is 4. The molecule has 1 heterocycles. The van der Waals surface area contributed by atoms with Gasteiger partial charge in [0.1, 0.15) is 11.7 Å². The van der Waals surface area contributed by atoms with E-state index in [0.717, 1.165) is 0 Å². The second-order valence-corrected chi connectivity index (χ2v) is 4.54. The Morgan fingerprint density at radius 1 is 1.55 bits per heavy atom. The zero-order valence-electron chi connectivity index (χ0n) is 10.9. The largest absolute Gasteiger partial charge is 0.383 e. The van der Waals surface area contributed by atoms with Crippen molar-refractivity contribution in [2.75, 3.05) is 19.0 Å². The Bertz CT molecular complexity index is 586. The minimum absolute atomic E-state index is 0.142. The van der Waals surface area contributed by atoms with Gasteiger partial charge < -0.3 is 15.8 Å². The normalized spacial score (nSPS) is 12.2. The van der Waals surface area contributed by atoms with Crippen LogP contribution in [0.4, 0.5) is 5.69 Å². The average molecular weight is 295 g/mol. The fraction of sp³-hybridized carbons (Fsp3) is 0.231. The smallest absolute Gasteiger partial charge is 0.243 e. The summed E-state index contributed by atoms with van der Waals surface area (Å²) in [4.78, 5) is 11.9. The van der Waals surface area contributed by atoms with E-state index in [1.807, 2.05) is 0 Å². The number of carbonyl (C=O) groups excluding carboxylic acids is 1. The van der Waals surface area contributed by atoms with Crippen LogP contribution in [-0.4, -0.2) is 35.4 Å². The summed E-state index contributed by atoms with van der Waals surface area (Å²) in [6.45, 7) is 0.142. The molecule has 7 heteroatoms. The highest BCUT2D eigenvalue weighted by molar-refractivity contribution is 6.33. The highest BCUT2D eigenvalue weighted by Gasteiger charge is 2.17. The number of methoxy groups -OCH3 is 1. The molecule has 1 aromatic heterocycles. The van der Waals surface area contributed by atoms with Crippen LogP contribution in [0, 0.1) is 0 Å². The molecule has 1 aromatic carbocycles. The number of aromatic nitrogens is 2. The number of hydrogen-bond donors (Lipinski definition) is 2. The van der Waals surface area contributed by atoms with Crippen LogP contribution in [0.15, 0.2) is 36.7 Å². The molecule has 0 bridgehead atoms. The molecule has 1 atom stereocenters. The van der Waals surface area contributed by atoms with Gasteiger partial charge in [0, 0.05) is 19.5 Å². The quantitative estimate of drug-likeness (QED) is 0.874. The lowest BCUT2D eigenvalue weighted by atomic mass is 10.2. The lowest BCUT2D eigenvalue weighted by Crippen LogP contribution is -2.39. The monoisotopic (exact) mass is 294 g/mol. The summed E-state index contributed by atoms with van der Waals surface area (Å²) >= 11 is 6.18. The molecule has 0 radical (unpaired) electrons. The Hall–Kier alpha value is -1.89. The lowest BCUT2D eigenvalue weighted by molar-refractivity contribution is -0.118. The number of anilines is 1. The maximum absolute atomic E-state index is 11.9. The molecule has 0 fully saturated rings. The molecule has 0 aliphatic heterocycles. The van der Waals surface area contributed by atoms with Crippen LogP contribution < -0.4 is 11.1 Å². The van der Waals surface area contributed by atoms with Gasteiger partial charge in [-0.25, -0.2) is 4.68 Å². The summed E-state index contributed by atoms with van der Waals surface area (Å²) in [5.41, 5.74) is 6.82. The van der Waals surface area contributed by atoms with Gasteiger partial charge in [0.2, 0.25) is 5.91 Å². The third-order valence-electron chi connectivity index (χ3n) is 2.66. The second kappa shape index (κ2) is 6.51.